The summed E-state index contributed by atoms with van der Waals surface area (Å²) >= 11 is 0. The number of methoxy groups -OCH3 is 2. The van der Waals surface area contributed by atoms with Crippen LogP contribution >= 0.6 is 0 Å². The molecular weight excluding hydrogens is 488 g/mol. The van der Waals surface area contributed by atoms with E-state index in [0.29, 0.717) is 11.1 Å². The van der Waals surface area contributed by atoms with Gasteiger partial charge in [-0.1, -0.05) is 42.5 Å². The van der Waals surface area contributed by atoms with E-state index < -0.39 is 0 Å². The van der Waals surface area contributed by atoms with Crippen molar-refractivity contribution in [2.24, 2.45) is 0 Å². The topological polar surface area (TPSA) is 67.9 Å². The summed E-state index contributed by atoms with van der Waals surface area (Å²) in [7, 11) is 2.83. The predicted octanol–water partition coefficient (Wildman–Crippen LogP) is 5.62. The largest absolute Gasteiger partial charge is 0.465 e. The van der Waals surface area contributed by atoms with Crippen molar-refractivity contribution in [3.63, 3.8) is 0 Å². The molecule has 6 nitrogen and oxygen atoms in total. The lowest BCUT2D eigenvalue weighted by Crippen LogP contribution is -2.46. The van der Waals surface area contributed by atoms with Crippen molar-refractivity contribution in [1.29, 1.82) is 0 Å². The van der Waals surface area contributed by atoms with E-state index in [1.165, 1.54) is 42.0 Å². The molecule has 5 rings (SSSR count). The van der Waals surface area contributed by atoms with Gasteiger partial charge in [-0.25, -0.2) is 9.59 Å². The van der Waals surface area contributed by atoms with Gasteiger partial charge in [0.05, 0.1) is 25.3 Å². The van der Waals surface area contributed by atoms with Gasteiger partial charge in [0.25, 0.3) is 0 Å². The van der Waals surface area contributed by atoms with Crippen LogP contribution < -0.4 is 5.32 Å². The standard InChI is InChI=1S/C20H23NO2.C13H17NO2/c1-20(2)18-13-17(19(22)23-3)10-9-16(18)11-12-21(20)14-15-7-5-4-6-8-15;1-13(2)11-8-10(12(15)16-3)5-4-9(11)6-7-14-13/h4-10,13H,11-12,14H2,1-3H3;4-5,8,14H,6-7H2,1-3H3. The highest BCUT2D eigenvalue weighted by Gasteiger charge is 2.35. The second-order valence-electron chi connectivity index (χ2n) is 11.2. The van der Waals surface area contributed by atoms with Crippen LogP contribution in [0.5, 0.6) is 0 Å². The van der Waals surface area contributed by atoms with Gasteiger partial charge in [0.2, 0.25) is 0 Å². The van der Waals surface area contributed by atoms with Crippen LogP contribution in [0, 0.1) is 0 Å². The number of carbonyl (C=O) groups excluding carboxylic acids is 2. The smallest absolute Gasteiger partial charge is 0.337 e. The molecule has 0 fully saturated rings. The summed E-state index contributed by atoms with van der Waals surface area (Å²) in [4.78, 5) is 25.8. The molecule has 206 valence electrons. The minimum atomic E-state index is -0.274. The third kappa shape index (κ3) is 6.23. The molecule has 0 saturated heterocycles. The van der Waals surface area contributed by atoms with Crippen molar-refractivity contribution < 1.29 is 19.1 Å². The summed E-state index contributed by atoms with van der Waals surface area (Å²) in [6.45, 7) is 11.6. The highest BCUT2D eigenvalue weighted by atomic mass is 16.5. The first-order valence-corrected chi connectivity index (χ1v) is 13.5. The predicted molar refractivity (Wildman–Crippen MR) is 154 cm³/mol. The molecule has 0 saturated carbocycles. The van der Waals surface area contributed by atoms with E-state index in [1.54, 1.807) is 0 Å². The summed E-state index contributed by atoms with van der Waals surface area (Å²) in [5, 5.41) is 3.45. The SMILES string of the molecule is COC(=O)c1ccc2c(c1)C(C)(C)N(Cc1ccccc1)CC2.COC(=O)c1ccc2c(c1)C(C)(C)NCC2. The Balaban J connectivity index is 0.000000193. The Labute approximate surface area is 232 Å². The van der Waals surface area contributed by atoms with Crippen LogP contribution in [0.3, 0.4) is 0 Å². The molecule has 3 aromatic carbocycles. The summed E-state index contributed by atoms with van der Waals surface area (Å²) in [5.41, 5.74) is 7.44. The van der Waals surface area contributed by atoms with Crippen molar-refractivity contribution in [1.82, 2.24) is 10.2 Å². The zero-order valence-corrected chi connectivity index (χ0v) is 24.0. The maximum absolute atomic E-state index is 11.8. The van der Waals surface area contributed by atoms with Crippen molar-refractivity contribution >= 4 is 11.9 Å². The summed E-state index contributed by atoms with van der Waals surface area (Å²) < 4.78 is 9.60. The summed E-state index contributed by atoms with van der Waals surface area (Å²) in [6.07, 6.45) is 2.02. The highest BCUT2D eigenvalue weighted by Crippen LogP contribution is 2.36. The number of nitrogens with zero attached hydrogens (tertiary/aromatic N) is 1. The van der Waals surface area contributed by atoms with Crippen LogP contribution in [0.25, 0.3) is 0 Å². The van der Waals surface area contributed by atoms with Crippen LogP contribution in [0.15, 0.2) is 66.7 Å². The lowest BCUT2D eigenvalue weighted by atomic mass is 9.82. The lowest BCUT2D eigenvalue weighted by Gasteiger charge is -2.44. The van der Waals surface area contributed by atoms with Crippen molar-refractivity contribution in [3.8, 4) is 0 Å². The molecule has 39 heavy (non-hydrogen) atoms. The van der Waals surface area contributed by atoms with Crippen molar-refractivity contribution in [2.45, 2.75) is 58.2 Å². The molecule has 0 atom stereocenters. The molecule has 0 amide bonds. The molecule has 0 unspecified atom stereocenters. The molecule has 2 aliphatic rings. The average molecular weight is 529 g/mol. The molecule has 2 heterocycles. The van der Waals surface area contributed by atoms with E-state index in [4.69, 9.17) is 9.47 Å². The van der Waals surface area contributed by atoms with E-state index in [9.17, 15) is 9.59 Å². The van der Waals surface area contributed by atoms with E-state index in [0.717, 1.165) is 32.5 Å². The Morgan fingerprint density at radius 3 is 1.95 bits per heavy atom. The van der Waals surface area contributed by atoms with Crippen LogP contribution in [-0.2, 0) is 39.9 Å². The molecule has 6 heteroatoms. The first kappa shape index (κ1) is 28.5. The number of rotatable bonds is 4. The molecule has 0 bridgehead atoms. The van der Waals surface area contributed by atoms with Crippen molar-refractivity contribution in [2.75, 3.05) is 27.3 Å². The normalized spacial score (nSPS) is 17.1. The van der Waals surface area contributed by atoms with Crippen LogP contribution in [-0.4, -0.2) is 44.1 Å². The summed E-state index contributed by atoms with van der Waals surface area (Å²) in [6, 6.07) is 22.3. The molecule has 1 N–H and O–H groups in total. The van der Waals surface area contributed by atoms with Crippen LogP contribution in [0.2, 0.25) is 0 Å². The molecule has 0 aromatic heterocycles. The Morgan fingerprint density at radius 2 is 1.36 bits per heavy atom. The molecule has 0 spiro atoms. The minimum absolute atomic E-state index is 0.0718. The zero-order valence-electron chi connectivity index (χ0n) is 24.0. The number of nitrogens with one attached hydrogen (secondary N) is 1. The third-order valence-corrected chi connectivity index (χ3v) is 8.01. The van der Waals surface area contributed by atoms with E-state index in [2.05, 4.69) is 68.2 Å². The Kier molecular flexibility index (Phi) is 8.57. The first-order valence-electron chi connectivity index (χ1n) is 13.5. The van der Waals surface area contributed by atoms with E-state index in [-0.39, 0.29) is 23.0 Å². The Bertz CT molecular complexity index is 1330. The minimum Gasteiger partial charge on any atom is -0.465 e. The second-order valence-corrected chi connectivity index (χ2v) is 11.2. The average Bonchev–Trinajstić information content (AvgIpc) is 2.94. The number of hydrogen-bond donors (Lipinski definition) is 1. The van der Waals surface area contributed by atoms with Gasteiger partial charge in [-0.3, -0.25) is 4.90 Å². The molecular formula is C33H40N2O4. The first-order chi connectivity index (χ1) is 18.6. The monoisotopic (exact) mass is 528 g/mol. The number of fused-ring (bicyclic) bond motifs is 2. The lowest BCUT2D eigenvalue weighted by molar-refractivity contribution is 0.0590. The van der Waals surface area contributed by atoms with Gasteiger partial charge >= 0.3 is 11.9 Å². The highest BCUT2D eigenvalue weighted by molar-refractivity contribution is 5.90. The quantitative estimate of drug-likeness (QED) is 0.444. The van der Waals surface area contributed by atoms with Crippen molar-refractivity contribution in [3.05, 3.63) is 106 Å². The Hall–Kier alpha value is -3.48. The number of hydrogen-bond acceptors (Lipinski definition) is 6. The number of carbonyl (C=O) groups is 2. The van der Waals surface area contributed by atoms with E-state index >= 15 is 0 Å². The second kappa shape index (κ2) is 11.7. The fourth-order valence-electron chi connectivity index (χ4n) is 5.62. The fourth-order valence-corrected chi connectivity index (χ4v) is 5.62. The number of ether oxygens (including phenoxy) is 2. The van der Waals surface area contributed by atoms with Crippen LogP contribution in [0.1, 0.15) is 76.2 Å². The van der Waals surface area contributed by atoms with Gasteiger partial charge < -0.3 is 14.8 Å². The fraction of sp³-hybridized carbons (Fsp3) is 0.394. The third-order valence-electron chi connectivity index (χ3n) is 8.01. The van der Waals surface area contributed by atoms with Gasteiger partial charge in [0.15, 0.2) is 0 Å². The molecule has 2 aliphatic heterocycles. The van der Waals surface area contributed by atoms with Gasteiger partial charge in [0.1, 0.15) is 0 Å². The number of benzene rings is 3. The number of esters is 2. The van der Waals surface area contributed by atoms with Gasteiger partial charge in [-0.05, 0) is 99.2 Å². The Morgan fingerprint density at radius 1 is 0.795 bits per heavy atom. The van der Waals surface area contributed by atoms with Gasteiger partial charge in [-0.15, -0.1) is 0 Å². The molecule has 0 aliphatic carbocycles. The van der Waals surface area contributed by atoms with Crippen LogP contribution in [0.4, 0.5) is 0 Å². The zero-order chi connectivity index (χ0) is 28.2. The van der Waals surface area contributed by atoms with E-state index in [1.807, 2.05) is 36.4 Å². The summed E-state index contributed by atoms with van der Waals surface area (Å²) in [5.74, 6) is -0.548. The molecule has 3 aromatic rings. The maximum Gasteiger partial charge on any atom is 0.337 e. The molecule has 0 radical (unpaired) electrons. The maximum atomic E-state index is 11.8. The van der Waals surface area contributed by atoms with Gasteiger partial charge in [0, 0.05) is 24.2 Å². The van der Waals surface area contributed by atoms with Gasteiger partial charge in [-0.2, -0.15) is 0 Å².